The summed E-state index contributed by atoms with van der Waals surface area (Å²) in [5.41, 5.74) is 0.450. The molecule has 2 N–H and O–H groups in total. The Hall–Kier alpha value is -3.10. The maximum atomic E-state index is 13.0. The molecular formula is C34H51ClN2O6. The molecule has 8 nitrogen and oxygen atoms in total. The van der Waals surface area contributed by atoms with Crippen molar-refractivity contribution in [3.05, 3.63) is 71.2 Å². The molecule has 9 heteroatoms. The zero-order valence-electron chi connectivity index (χ0n) is 27.2. The Labute approximate surface area is 263 Å². The minimum absolute atomic E-state index is 0.00545. The quantitative estimate of drug-likeness (QED) is 0.119. The van der Waals surface area contributed by atoms with E-state index in [9.17, 15) is 14.4 Å². The van der Waals surface area contributed by atoms with Crippen LogP contribution < -0.4 is 10.6 Å². The maximum Gasteiger partial charge on any atom is 0.373 e. The fourth-order valence-electron chi connectivity index (χ4n) is 4.38. The SMILES string of the molecule is COC1=CCC[C@@H]([C@@H](C)/C=C(C)/C=C\C=C/C(=O)N[C@H](C(=O)N/C=C\C[C@@H](C/C=C(\C)Cl)OC(C)C)C(C)(C)C)OC1=O. The zero-order chi connectivity index (χ0) is 32.6. The van der Waals surface area contributed by atoms with Crippen LogP contribution in [0, 0.1) is 11.3 Å². The van der Waals surface area contributed by atoms with Gasteiger partial charge in [0.1, 0.15) is 12.1 Å². The number of nitrogens with one attached hydrogen (secondary N) is 2. The second-order valence-corrected chi connectivity index (χ2v) is 12.7. The molecule has 0 aromatic heterocycles. The Morgan fingerprint density at radius 3 is 2.42 bits per heavy atom. The summed E-state index contributed by atoms with van der Waals surface area (Å²) in [6, 6.07) is -0.749. The number of hydrogen-bond acceptors (Lipinski definition) is 6. The lowest BCUT2D eigenvalue weighted by molar-refractivity contribution is -0.149. The van der Waals surface area contributed by atoms with Gasteiger partial charge in [0.2, 0.25) is 11.8 Å². The van der Waals surface area contributed by atoms with E-state index < -0.39 is 17.4 Å². The van der Waals surface area contributed by atoms with Crippen LogP contribution in [0.5, 0.6) is 0 Å². The summed E-state index contributed by atoms with van der Waals surface area (Å²) in [6.45, 7) is 15.4. The molecule has 0 spiro atoms. The summed E-state index contributed by atoms with van der Waals surface area (Å²) in [6.07, 6.45) is 18.2. The van der Waals surface area contributed by atoms with E-state index >= 15 is 0 Å². The van der Waals surface area contributed by atoms with Crippen molar-refractivity contribution >= 4 is 29.4 Å². The summed E-state index contributed by atoms with van der Waals surface area (Å²) in [5, 5.41) is 6.32. The lowest BCUT2D eigenvalue weighted by Crippen LogP contribution is -2.52. The molecule has 0 radical (unpaired) electrons. The Balaban J connectivity index is 2.70. The van der Waals surface area contributed by atoms with E-state index in [-0.39, 0.29) is 41.8 Å². The fourth-order valence-corrected chi connectivity index (χ4v) is 4.47. The minimum atomic E-state index is -0.749. The van der Waals surface area contributed by atoms with E-state index in [0.29, 0.717) is 30.7 Å². The highest BCUT2D eigenvalue weighted by Crippen LogP contribution is 2.23. The van der Waals surface area contributed by atoms with Crippen molar-refractivity contribution in [1.29, 1.82) is 0 Å². The lowest BCUT2D eigenvalue weighted by atomic mass is 9.86. The van der Waals surface area contributed by atoms with Crippen LogP contribution in [0.1, 0.15) is 81.1 Å². The molecule has 2 amide bonds. The second-order valence-electron chi connectivity index (χ2n) is 12.1. The van der Waals surface area contributed by atoms with Crippen LogP contribution in [0.2, 0.25) is 0 Å². The van der Waals surface area contributed by atoms with Crippen LogP contribution in [-0.4, -0.2) is 49.2 Å². The predicted molar refractivity (Wildman–Crippen MR) is 173 cm³/mol. The molecule has 0 bridgehead atoms. The maximum absolute atomic E-state index is 13.0. The summed E-state index contributed by atoms with van der Waals surface area (Å²) in [4.78, 5) is 37.8. The Morgan fingerprint density at radius 2 is 1.81 bits per heavy atom. The van der Waals surface area contributed by atoms with Crippen LogP contribution in [0.25, 0.3) is 0 Å². The first-order valence-corrected chi connectivity index (χ1v) is 15.2. The van der Waals surface area contributed by atoms with Gasteiger partial charge in [-0.1, -0.05) is 81.3 Å². The number of amides is 2. The van der Waals surface area contributed by atoms with Crippen LogP contribution in [0.4, 0.5) is 0 Å². The number of rotatable bonds is 15. The van der Waals surface area contributed by atoms with E-state index in [1.807, 2.05) is 79.7 Å². The largest absolute Gasteiger partial charge is 0.490 e. The number of carbonyl (C=O) groups excluding carboxylic acids is 3. The van der Waals surface area contributed by atoms with Gasteiger partial charge in [-0.25, -0.2) is 4.79 Å². The molecule has 0 aromatic rings. The van der Waals surface area contributed by atoms with Crippen molar-refractivity contribution in [2.24, 2.45) is 11.3 Å². The van der Waals surface area contributed by atoms with Gasteiger partial charge < -0.3 is 24.8 Å². The van der Waals surface area contributed by atoms with E-state index in [1.165, 1.54) is 13.2 Å². The van der Waals surface area contributed by atoms with Crippen molar-refractivity contribution in [3.63, 3.8) is 0 Å². The molecule has 1 aliphatic heterocycles. The summed E-state index contributed by atoms with van der Waals surface area (Å²) >= 11 is 5.96. The van der Waals surface area contributed by atoms with Crippen molar-refractivity contribution in [3.8, 4) is 0 Å². The molecule has 1 aliphatic rings. The highest BCUT2D eigenvalue weighted by Gasteiger charge is 2.32. The number of halogens is 1. The minimum Gasteiger partial charge on any atom is -0.490 e. The van der Waals surface area contributed by atoms with Crippen molar-refractivity contribution in [2.75, 3.05) is 7.11 Å². The van der Waals surface area contributed by atoms with Crippen LogP contribution in [-0.2, 0) is 28.6 Å². The van der Waals surface area contributed by atoms with E-state index in [4.69, 9.17) is 25.8 Å². The first kappa shape index (κ1) is 37.9. The number of allylic oxidation sites excluding steroid dienone is 6. The Kier molecular flexibility index (Phi) is 17.0. The molecule has 0 saturated heterocycles. The highest BCUT2D eigenvalue weighted by molar-refractivity contribution is 6.29. The Morgan fingerprint density at radius 1 is 1.14 bits per heavy atom. The predicted octanol–water partition coefficient (Wildman–Crippen LogP) is 6.79. The first-order valence-electron chi connectivity index (χ1n) is 14.9. The summed E-state index contributed by atoms with van der Waals surface area (Å²) in [5.74, 6) is -0.876. The third-order valence-corrected chi connectivity index (χ3v) is 6.73. The van der Waals surface area contributed by atoms with Crippen LogP contribution in [0.15, 0.2) is 71.2 Å². The van der Waals surface area contributed by atoms with Crippen LogP contribution >= 0.6 is 11.6 Å². The molecule has 0 fully saturated rings. The van der Waals surface area contributed by atoms with Gasteiger partial charge in [-0.15, -0.1) is 0 Å². The van der Waals surface area contributed by atoms with Gasteiger partial charge in [0.05, 0.1) is 19.3 Å². The van der Waals surface area contributed by atoms with Crippen molar-refractivity contribution < 1.29 is 28.6 Å². The summed E-state index contributed by atoms with van der Waals surface area (Å²) in [7, 11) is 1.46. The number of hydrogen-bond donors (Lipinski definition) is 2. The number of ether oxygens (including phenoxy) is 3. The first-order chi connectivity index (χ1) is 20.1. The molecule has 0 unspecified atom stereocenters. The van der Waals surface area contributed by atoms with E-state index in [0.717, 1.165) is 5.57 Å². The van der Waals surface area contributed by atoms with Gasteiger partial charge in [0, 0.05) is 17.0 Å². The molecule has 0 aromatic carbocycles. The lowest BCUT2D eigenvalue weighted by Gasteiger charge is -2.29. The summed E-state index contributed by atoms with van der Waals surface area (Å²) < 4.78 is 16.6. The third kappa shape index (κ3) is 15.8. The standard InChI is InChI=1S/C34H51ClN2O6/c1-23(2)42-27(20-19-26(5)35)15-13-21-36-32(39)31(34(6,7)8)37-30(38)18-11-10-14-24(3)22-25(4)28-16-12-17-29(41-9)33(40)43-28/h10-11,13-14,17-19,21-23,25,27-28,31H,12,15-16,20H2,1-9H3,(H,36,39)(H,37,38)/b14-10-,18-11-,21-13-,24-22+,26-19+/t25-,27-,28-,31+/m0/s1. The number of carbonyl (C=O) groups is 3. The normalized spacial score (nSPS) is 19.3. The topological polar surface area (TPSA) is 103 Å². The third-order valence-electron chi connectivity index (χ3n) is 6.57. The van der Waals surface area contributed by atoms with Gasteiger partial charge in [0.15, 0.2) is 5.76 Å². The number of cyclic esters (lactones) is 1. The smallest absolute Gasteiger partial charge is 0.373 e. The van der Waals surface area contributed by atoms with Crippen molar-refractivity contribution in [2.45, 2.75) is 105 Å². The van der Waals surface area contributed by atoms with Gasteiger partial charge in [-0.3, -0.25) is 9.59 Å². The molecule has 4 atom stereocenters. The molecule has 1 rings (SSSR count). The van der Waals surface area contributed by atoms with Gasteiger partial charge in [0.25, 0.3) is 0 Å². The van der Waals surface area contributed by atoms with Gasteiger partial charge >= 0.3 is 5.97 Å². The molecule has 0 saturated carbocycles. The van der Waals surface area contributed by atoms with Crippen molar-refractivity contribution in [1.82, 2.24) is 10.6 Å². The molecule has 1 heterocycles. The number of methoxy groups -OCH3 is 1. The van der Waals surface area contributed by atoms with Gasteiger partial charge in [-0.2, -0.15) is 0 Å². The highest BCUT2D eigenvalue weighted by atomic mass is 35.5. The average molecular weight is 619 g/mol. The van der Waals surface area contributed by atoms with E-state index in [1.54, 1.807) is 24.4 Å². The molecule has 0 aliphatic carbocycles. The van der Waals surface area contributed by atoms with Crippen LogP contribution in [0.3, 0.4) is 0 Å². The Bertz CT molecular complexity index is 1110. The monoisotopic (exact) mass is 618 g/mol. The molecule has 43 heavy (non-hydrogen) atoms. The number of esters is 1. The zero-order valence-corrected chi connectivity index (χ0v) is 28.0. The average Bonchev–Trinajstić information content (AvgIpc) is 3.10. The molecular weight excluding hydrogens is 568 g/mol. The second kappa shape index (κ2) is 19.2. The fraction of sp³-hybridized carbons (Fsp3) is 0.559. The molecule has 240 valence electrons. The van der Waals surface area contributed by atoms with E-state index in [2.05, 4.69) is 10.6 Å². The van der Waals surface area contributed by atoms with Gasteiger partial charge in [-0.05, 0) is 71.1 Å².